The van der Waals surface area contributed by atoms with Crippen LogP contribution in [0.15, 0.2) is 16.9 Å². The number of fused-ring (bicyclic) bond motifs is 1. The average Bonchev–Trinajstić information content (AvgIpc) is 2.72. The molecule has 0 N–H and O–H groups in total. The molecule has 0 saturated carbocycles. The largest absolute Gasteiger partial charge is 0.493 e. The van der Waals surface area contributed by atoms with Crippen LogP contribution in [0.5, 0.6) is 11.5 Å². The minimum Gasteiger partial charge on any atom is -0.493 e. The molecule has 102 valence electrons. The number of nitrogens with zero attached hydrogens (tertiary/aromatic N) is 1. The van der Waals surface area contributed by atoms with Crippen LogP contribution in [-0.4, -0.2) is 31.9 Å². The Hall–Kier alpha value is -2.02. The van der Waals surface area contributed by atoms with E-state index in [1.165, 1.54) is 25.9 Å². The molecule has 0 unspecified atom stereocenters. The van der Waals surface area contributed by atoms with E-state index in [4.69, 9.17) is 9.47 Å². The van der Waals surface area contributed by atoms with Gasteiger partial charge >= 0.3 is 10.8 Å². The first-order valence-corrected chi connectivity index (χ1v) is 6.24. The normalized spacial score (nSPS) is 10.5. The average molecular weight is 283 g/mol. The van der Waals surface area contributed by atoms with Gasteiger partial charge in [-0.05, 0) is 0 Å². The van der Waals surface area contributed by atoms with Crippen molar-refractivity contribution in [3.63, 3.8) is 0 Å². The quantitative estimate of drug-likeness (QED) is 0.790. The van der Waals surface area contributed by atoms with E-state index in [1.807, 2.05) is 0 Å². The van der Waals surface area contributed by atoms with Gasteiger partial charge in [0.2, 0.25) is 0 Å². The monoisotopic (exact) mass is 283 g/mol. The van der Waals surface area contributed by atoms with E-state index in [1.54, 1.807) is 12.1 Å². The van der Waals surface area contributed by atoms with E-state index in [0.29, 0.717) is 17.0 Å². The van der Waals surface area contributed by atoms with E-state index in [-0.39, 0.29) is 11.4 Å². The molecule has 7 heteroatoms. The second-order valence-corrected chi connectivity index (χ2v) is 4.70. The number of hydrogen-bond acceptors (Lipinski definition) is 6. The maximum atomic E-state index is 11.9. The van der Waals surface area contributed by atoms with Gasteiger partial charge in [-0.2, -0.15) is 0 Å². The third-order valence-corrected chi connectivity index (χ3v) is 3.63. The highest BCUT2D eigenvalue weighted by atomic mass is 32.1. The molecule has 0 amide bonds. The zero-order valence-corrected chi connectivity index (χ0v) is 11.6. The fourth-order valence-corrected chi connectivity index (χ4v) is 2.63. The predicted molar refractivity (Wildman–Crippen MR) is 71.2 cm³/mol. The van der Waals surface area contributed by atoms with Gasteiger partial charge in [0.25, 0.3) is 0 Å². The van der Waals surface area contributed by atoms with E-state index in [2.05, 4.69) is 4.74 Å². The number of carbonyl (C=O) groups is 1. The Morgan fingerprint density at radius 2 is 1.84 bits per heavy atom. The molecule has 1 aromatic carbocycles. The number of hydrogen-bond donors (Lipinski definition) is 0. The molecule has 6 nitrogen and oxygen atoms in total. The Morgan fingerprint density at radius 1 is 1.21 bits per heavy atom. The van der Waals surface area contributed by atoms with Crippen molar-refractivity contribution in [3.05, 3.63) is 21.8 Å². The summed E-state index contributed by atoms with van der Waals surface area (Å²) in [5, 5.41) is 0. The highest BCUT2D eigenvalue weighted by Gasteiger charge is 2.15. The second kappa shape index (κ2) is 5.31. The van der Waals surface area contributed by atoms with Crippen molar-refractivity contribution >= 4 is 27.5 Å². The summed E-state index contributed by atoms with van der Waals surface area (Å²) in [6.45, 7) is -0.120. The van der Waals surface area contributed by atoms with Crippen molar-refractivity contribution in [2.75, 3.05) is 21.3 Å². The van der Waals surface area contributed by atoms with E-state index < -0.39 is 5.97 Å². The van der Waals surface area contributed by atoms with Gasteiger partial charge in [0.1, 0.15) is 6.54 Å². The molecule has 0 aliphatic heterocycles. The van der Waals surface area contributed by atoms with Crippen molar-refractivity contribution in [1.82, 2.24) is 4.57 Å². The fraction of sp³-hybridized carbons (Fsp3) is 0.333. The number of methoxy groups -OCH3 is 3. The molecule has 0 fully saturated rings. The van der Waals surface area contributed by atoms with Gasteiger partial charge in [0.05, 0.1) is 31.5 Å². The predicted octanol–water partition coefficient (Wildman–Crippen LogP) is 1.25. The Morgan fingerprint density at radius 3 is 2.42 bits per heavy atom. The summed E-state index contributed by atoms with van der Waals surface area (Å²) in [5.41, 5.74) is 0.623. The molecule has 0 bridgehead atoms. The molecule has 0 radical (unpaired) electrons. The van der Waals surface area contributed by atoms with Crippen molar-refractivity contribution in [1.29, 1.82) is 0 Å². The van der Waals surface area contributed by atoms with Crippen LogP contribution in [0.2, 0.25) is 0 Å². The molecular formula is C12H13NO5S. The van der Waals surface area contributed by atoms with Crippen molar-refractivity contribution in [2.45, 2.75) is 6.54 Å². The minimum absolute atomic E-state index is 0.120. The summed E-state index contributed by atoms with van der Waals surface area (Å²) < 4.78 is 17.0. The van der Waals surface area contributed by atoms with Crippen molar-refractivity contribution in [2.24, 2.45) is 0 Å². The maximum absolute atomic E-state index is 11.9. The summed E-state index contributed by atoms with van der Waals surface area (Å²) in [6.07, 6.45) is 0. The lowest BCUT2D eigenvalue weighted by Gasteiger charge is -2.08. The van der Waals surface area contributed by atoms with Crippen LogP contribution < -0.4 is 14.3 Å². The van der Waals surface area contributed by atoms with Gasteiger partial charge in [-0.15, -0.1) is 0 Å². The SMILES string of the molecule is COC(=O)Cn1c(=O)sc2cc(OC)c(OC)cc21. The number of ether oxygens (including phenoxy) is 3. The van der Waals surface area contributed by atoms with Gasteiger partial charge in [0.15, 0.2) is 11.5 Å². The van der Waals surface area contributed by atoms with Gasteiger partial charge < -0.3 is 14.2 Å². The Kier molecular flexibility index (Phi) is 3.75. The van der Waals surface area contributed by atoms with Gasteiger partial charge in [-0.25, -0.2) is 0 Å². The topological polar surface area (TPSA) is 66.8 Å². The van der Waals surface area contributed by atoms with Gasteiger partial charge in [0, 0.05) is 12.1 Å². The Bertz CT molecular complexity index is 673. The molecule has 0 aliphatic rings. The summed E-state index contributed by atoms with van der Waals surface area (Å²) in [4.78, 5) is 23.0. The van der Waals surface area contributed by atoms with Crippen LogP contribution >= 0.6 is 11.3 Å². The zero-order valence-electron chi connectivity index (χ0n) is 10.8. The standard InChI is InChI=1S/C12H13NO5S/c1-16-8-4-7-10(5-9(8)17-2)19-12(15)13(7)6-11(14)18-3/h4-5H,6H2,1-3H3. The Labute approximate surface area is 113 Å². The van der Waals surface area contributed by atoms with Gasteiger partial charge in [-0.3, -0.25) is 14.2 Å². The van der Waals surface area contributed by atoms with E-state index >= 15 is 0 Å². The van der Waals surface area contributed by atoms with Crippen LogP contribution in [-0.2, 0) is 16.1 Å². The van der Waals surface area contributed by atoms with E-state index in [9.17, 15) is 9.59 Å². The molecule has 19 heavy (non-hydrogen) atoms. The number of thiazole rings is 1. The van der Waals surface area contributed by atoms with Crippen LogP contribution in [0, 0.1) is 0 Å². The van der Waals surface area contributed by atoms with Crippen LogP contribution in [0.1, 0.15) is 0 Å². The third kappa shape index (κ3) is 2.41. The van der Waals surface area contributed by atoms with Crippen molar-refractivity contribution in [3.8, 4) is 11.5 Å². The molecule has 0 atom stereocenters. The maximum Gasteiger partial charge on any atom is 0.325 e. The second-order valence-electron chi connectivity index (χ2n) is 3.71. The summed E-state index contributed by atoms with van der Waals surface area (Å²) in [7, 11) is 4.32. The van der Waals surface area contributed by atoms with Crippen molar-refractivity contribution < 1.29 is 19.0 Å². The molecule has 0 spiro atoms. The summed E-state index contributed by atoms with van der Waals surface area (Å²) in [6, 6.07) is 3.39. The van der Waals surface area contributed by atoms with Crippen LogP contribution in [0.25, 0.3) is 10.2 Å². The molecule has 1 heterocycles. The number of benzene rings is 1. The smallest absolute Gasteiger partial charge is 0.325 e. The fourth-order valence-electron chi connectivity index (χ4n) is 1.73. The zero-order chi connectivity index (χ0) is 14.0. The molecule has 1 aromatic heterocycles. The van der Waals surface area contributed by atoms with E-state index in [0.717, 1.165) is 16.0 Å². The lowest BCUT2D eigenvalue weighted by molar-refractivity contribution is -0.141. The minimum atomic E-state index is -0.475. The van der Waals surface area contributed by atoms with Crippen LogP contribution in [0.4, 0.5) is 0 Å². The number of esters is 1. The number of carbonyl (C=O) groups excluding carboxylic acids is 1. The first kappa shape index (κ1) is 13.4. The van der Waals surface area contributed by atoms with Crippen LogP contribution in [0.3, 0.4) is 0 Å². The molecule has 2 rings (SSSR count). The first-order valence-electron chi connectivity index (χ1n) is 5.43. The first-order chi connectivity index (χ1) is 9.10. The Balaban J connectivity index is 2.62. The summed E-state index contributed by atoms with van der Waals surface area (Å²) >= 11 is 1.04. The van der Waals surface area contributed by atoms with Gasteiger partial charge in [-0.1, -0.05) is 11.3 Å². The third-order valence-electron chi connectivity index (χ3n) is 2.69. The highest BCUT2D eigenvalue weighted by Crippen LogP contribution is 2.33. The number of rotatable bonds is 4. The molecule has 2 aromatic rings. The summed E-state index contributed by atoms with van der Waals surface area (Å²) in [5.74, 6) is 0.574. The molecule has 0 saturated heterocycles. The lowest BCUT2D eigenvalue weighted by atomic mass is 10.3. The highest BCUT2D eigenvalue weighted by molar-refractivity contribution is 7.16. The molecule has 0 aliphatic carbocycles. The number of aromatic nitrogens is 1. The lowest BCUT2D eigenvalue weighted by Crippen LogP contribution is -2.19. The molecular weight excluding hydrogens is 270 g/mol.